The van der Waals surface area contributed by atoms with Crippen molar-refractivity contribution in [3.05, 3.63) is 23.8 Å². The Balaban J connectivity index is 0.000000349. The summed E-state index contributed by atoms with van der Waals surface area (Å²) in [4.78, 5) is 21.1. The van der Waals surface area contributed by atoms with Crippen LogP contribution in [0.5, 0.6) is 0 Å². The number of fused-ring (bicyclic) bond motifs is 5. The number of carboxylic acids is 1. The molecule has 4 nitrogen and oxygen atoms in total. The highest BCUT2D eigenvalue weighted by molar-refractivity contribution is 6.01. The summed E-state index contributed by atoms with van der Waals surface area (Å²) >= 11 is 0. The van der Waals surface area contributed by atoms with Gasteiger partial charge in [-0.05, 0) is 73.8 Å². The Kier molecular flexibility index (Phi) is 5.17. The van der Waals surface area contributed by atoms with E-state index < -0.39 is 5.97 Å². The highest BCUT2D eigenvalue weighted by Gasteiger charge is 2.58. The fourth-order valence-corrected chi connectivity index (χ4v) is 6.17. The number of carboxylic acid groups (broad SMARTS) is 1. The summed E-state index contributed by atoms with van der Waals surface area (Å²) in [6, 6.07) is 0. The molecule has 0 saturated heterocycles. The van der Waals surface area contributed by atoms with Crippen molar-refractivity contribution in [3.8, 4) is 0 Å². The average Bonchev–Trinajstić information content (AvgIpc) is 2.91. The van der Waals surface area contributed by atoms with Gasteiger partial charge in [0, 0.05) is 11.8 Å². The molecule has 26 heavy (non-hydrogen) atoms. The lowest BCUT2D eigenvalue weighted by molar-refractivity contribution is -0.136. The predicted molar refractivity (Wildman–Crippen MR) is 101 cm³/mol. The summed E-state index contributed by atoms with van der Waals surface area (Å²) in [5.74, 6) is 1.48. The minimum absolute atomic E-state index is 0.0890. The van der Waals surface area contributed by atoms with E-state index in [1.54, 1.807) is 13.0 Å². The third-order valence-corrected chi connectivity index (χ3v) is 7.81. The van der Waals surface area contributed by atoms with Gasteiger partial charge in [-0.3, -0.25) is 9.59 Å². The topological polar surface area (TPSA) is 74.6 Å². The first kappa shape index (κ1) is 19.3. The van der Waals surface area contributed by atoms with E-state index >= 15 is 0 Å². The second-order valence-corrected chi connectivity index (χ2v) is 8.99. The van der Waals surface area contributed by atoms with Crippen LogP contribution in [-0.2, 0) is 9.59 Å². The first-order chi connectivity index (χ1) is 12.2. The van der Waals surface area contributed by atoms with Gasteiger partial charge < -0.3 is 10.2 Å². The van der Waals surface area contributed by atoms with Crippen LogP contribution in [0, 0.1) is 28.6 Å². The maximum atomic E-state index is 11.7. The van der Waals surface area contributed by atoms with Gasteiger partial charge in [0.15, 0.2) is 5.78 Å². The minimum Gasteiger partial charge on any atom is -0.481 e. The molecule has 2 N–H and O–H groups in total. The van der Waals surface area contributed by atoms with Crippen LogP contribution < -0.4 is 0 Å². The fourth-order valence-electron chi connectivity index (χ4n) is 6.17. The molecule has 0 bridgehead atoms. The highest BCUT2D eigenvalue weighted by atomic mass is 16.4. The molecule has 0 aromatic carbocycles. The molecule has 0 spiro atoms. The van der Waals surface area contributed by atoms with Crippen molar-refractivity contribution in [2.75, 3.05) is 0 Å². The molecule has 0 radical (unpaired) electrons. The number of rotatable bonds is 1. The van der Waals surface area contributed by atoms with Gasteiger partial charge in [-0.15, -0.1) is 0 Å². The van der Waals surface area contributed by atoms with Gasteiger partial charge in [-0.2, -0.15) is 0 Å². The molecule has 4 aliphatic carbocycles. The van der Waals surface area contributed by atoms with Crippen molar-refractivity contribution in [1.29, 1.82) is 0 Å². The van der Waals surface area contributed by atoms with Crippen LogP contribution in [0.4, 0.5) is 0 Å². The van der Waals surface area contributed by atoms with Crippen molar-refractivity contribution >= 4 is 11.8 Å². The van der Waals surface area contributed by atoms with Crippen LogP contribution >= 0.6 is 0 Å². The molecule has 4 aliphatic rings. The Morgan fingerprint density at radius 2 is 1.88 bits per heavy atom. The minimum atomic E-state index is -0.745. The standard InChI is InChI=1S/C19H26O2.C3H6O2/c1-18-9-7-13(20)11-12(18)3-4-14-15-5-6-17(21)19(15,2)10-8-16(14)18;1-2-3(4)5/h7,9,11,14-17,21H,3-6,8,10H2,1-2H3;2H2,1H3,(H,4,5)/t14-,15-,16-,17-,18-,19-;/m0./s1. The van der Waals surface area contributed by atoms with Gasteiger partial charge in [0.2, 0.25) is 0 Å². The molecule has 3 saturated carbocycles. The largest absolute Gasteiger partial charge is 0.481 e. The summed E-state index contributed by atoms with van der Waals surface area (Å²) in [7, 11) is 0. The molecule has 0 aromatic rings. The molecule has 6 atom stereocenters. The molecule has 0 amide bonds. The van der Waals surface area contributed by atoms with E-state index in [9.17, 15) is 14.7 Å². The zero-order valence-corrected chi connectivity index (χ0v) is 16.2. The van der Waals surface area contributed by atoms with Crippen LogP contribution in [0.15, 0.2) is 23.8 Å². The van der Waals surface area contributed by atoms with Gasteiger partial charge in [-0.25, -0.2) is 0 Å². The van der Waals surface area contributed by atoms with Crippen LogP contribution in [0.25, 0.3) is 0 Å². The second kappa shape index (κ2) is 6.95. The van der Waals surface area contributed by atoms with Crippen LogP contribution in [-0.4, -0.2) is 28.1 Å². The lowest BCUT2D eigenvalue weighted by Gasteiger charge is -2.56. The number of aliphatic carboxylic acids is 1. The van der Waals surface area contributed by atoms with Gasteiger partial charge >= 0.3 is 5.97 Å². The normalized spacial score (nSPS) is 43.4. The van der Waals surface area contributed by atoms with Gasteiger partial charge in [0.1, 0.15) is 0 Å². The summed E-state index contributed by atoms with van der Waals surface area (Å²) in [5.41, 5.74) is 1.59. The van der Waals surface area contributed by atoms with E-state index in [0.29, 0.717) is 11.8 Å². The lowest BCUT2D eigenvalue weighted by atomic mass is 9.48. The molecular weight excluding hydrogens is 328 g/mol. The van der Waals surface area contributed by atoms with E-state index in [4.69, 9.17) is 5.11 Å². The molecule has 144 valence electrons. The number of carbonyl (C=O) groups is 2. The Bertz CT molecular complexity index is 649. The molecule has 3 fully saturated rings. The van der Waals surface area contributed by atoms with E-state index in [1.165, 1.54) is 24.8 Å². The Morgan fingerprint density at radius 1 is 1.19 bits per heavy atom. The van der Waals surface area contributed by atoms with Crippen molar-refractivity contribution < 1.29 is 19.8 Å². The summed E-state index contributed by atoms with van der Waals surface area (Å²) in [6.07, 6.45) is 12.8. The number of ketones is 1. The first-order valence-corrected chi connectivity index (χ1v) is 10.1. The number of carbonyl (C=O) groups excluding carboxylic acids is 1. The summed E-state index contributed by atoms with van der Waals surface area (Å²) < 4.78 is 0. The Morgan fingerprint density at radius 3 is 2.54 bits per heavy atom. The van der Waals surface area contributed by atoms with E-state index in [1.807, 2.05) is 6.08 Å². The Hall–Kier alpha value is -1.42. The van der Waals surface area contributed by atoms with Crippen molar-refractivity contribution in [2.24, 2.45) is 28.6 Å². The molecule has 0 aromatic heterocycles. The van der Waals surface area contributed by atoms with Crippen molar-refractivity contribution in [1.82, 2.24) is 0 Å². The number of aliphatic hydroxyl groups excluding tert-OH is 1. The average molecular weight is 360 g/mol. The van der Waals surface area contributed by atoms with E-state index in [2.05, 4.69) is 19.9 Å². The van der Waals surface area contributed by atoms with Gasteiger partial charge in [0.05, 0.1) is 6.10 Å². The zero-order valence-electron chi connectivity index (χ0n) is 16.2. The van der Waals surface area contributed by atoms with Gasteiger partial charge in [0.25, 0.3) is 0 Å². The summed E-state index contributed by atoms with van der Waals surface area (Å²) in [5, 5.41) is 18.2. The number of hydrogen-bond acceptors (Lipinski definition) is 3. The quantitative estimate of drug-likeness (QED) is 0.737. The molecule has 4 heteroatoms. The van der Waals surface area contributed by atoms with Gasteiger partial charge in [-0.1, -0.05) is 32.4 Å². The molecule has 0 unspecified atom stereocenters. The van der Waals surface area contributed by atoms with Crippen LogP contribution in [0.1, 0.15) is 65.7 Å². The number of aliphatic hydroxyl groups is 1. The van der Waals surface area contributed by atoms with Crippen molar-refractivity contribution in [3.63, 3.8) is 0 Å². The molecular formula is C22H32O4. The maximum Gasteiger partial charge on any atom is 0.303 e. The predicted octanol–water partition coefficient (Wildman–Crippen LogP) is 4.14. The Labute approximate surface area is 156 Å². The third kappa shape index (κ3) is 3.06. The number of allylic oxidation sites excluding steroid dienone is 4. The van der Waals surface area contributed by atoms with E-state index in [0.717, 1.165) is 25.2 Å². The molecule has 0 aliphatic heterocycles. The maximum absolute atomic E-state index is 11.7. The van der Waals surface area contributed by atoms with Crippen LogP contribution in [0.2, 0.25) is 0 Å². The molecule has 0 heterocycles. The summed E-state index contributed by atoms with van der Waals surface area (Å²) in [6.45, 7) is 6.26. The molecule has 4 rings (SSSR count). The second-order valence-electron chi connectivity index (χ2n) is 8.99. The first-order valence-electron chi connectivity index (χ1n) is 10.1. The van der Waals surface area contributed by atoms with Crippen molar-refractivity contribution in [2.45, 2.75) is 71.8 Å². The smallest absolute Gasteiger partial charge is 0.303 e. The third-order valence-electron chi connectivity index (χ3n) is 7.81. The highest BCUT2D eigenvalue weighted by Crippen LogP contribution is 2.64. The fraction of sp³-hybridized carbons (Fsp3) is 0.727. The number of hydrogen-bond donors (Lipinski definition) is 2. The zero-order chi connectivity index (χ0) is 19.1. The van der Waals surface area contributed by atoms with Crippen LogP contribution in [0.3, 0.4) is 0 Å². The SMILES string of the molecule is CCC(=O)O.C[C@]12CC[C@H]3[C@@H](CCC4=CC(=O)C=C[C@@]43C)[C@@H]1CC[C@@H]2O. The monoisotopic (exact) mass is 360 g/mol. The van der Waals surface area contributed by atoms with E-state index in [-0.39, 0.29) is 29.1 Å². The lowest BCUT2D eigenvalue weighted by Crippen LogP contribution is -2.50.